The predicted molar refractivity (Wildman–Crippen MR) is 109 cm³/mol. The first-order chi connectivity index (χ1) is 13.0. The third-order valence-electron chi connectivity index (χ3n) is 4.45. The van der Waals surface area contributed by atoms with Crippen molar-refractivity contribution in [2.45, 2.75) is 33.2 Å². The molecule has 2 aromatic carbocycles. The lowest BCUT2D eigenvalue weighted by Gasteiger charge is -2.13. The number of hydrogen-bond donors (Lipinski definition) is 2. The highest BCUT2D eigenvalue weighted by atomic mass is 16.1. The van der Waals surface area contributed by atoms with Gasteiger partial charge >= 0.3 is 0 Å². The number of carbonyl (C=O) groups is 1. The fourth-order valence-electron chi connectivity index (χ4n) is 2.87. The van der Waals surface area contributed by atoms with Crippen molar-refractivity contribution >= 4 is 17.4 Å². The molecule has 0 aliphatic rings. The van der Waals surface area contributed by atoms with Gasteiger partial charge in [-0.05, 0) is 35.6 Å². The Bertz CT molecular complexity index is 937. The summed E-state index contributed by atoms with van der Waals surface area (Å²) < 4.78 is 0. The largest absolute Gasteiger partial charge is 0.366 e. The zero-order valence-electron chi connectivity index (χ0n) is 15.9. The first kappa shape index (κ1) is 18.6. The summed E-state index contributed by atoms with van der Waals surface area (Å²) in [5, 5.41) is 6.22. The molecular formula is C22H24N4O. The second-order valence-electron chi connectivity index (χ2n) is 6.76. The van der Waals surface area contributed by atoms with Gasteiger partial charge in [0.1, 0.15) is 17.8 Å². The lowest BCUT2D eigenvalue weighted by molar-refractivity contribution is 0.102. The number of aromatic nitrogens is 2. The quantitative estimate of drug-likeness (QED) is 0.664. The highest BCUT2D eigenvalue weighted by Crippen LogP contribution is 2.24. The van der Waals surface area contributed by atoms with E-state index in [1.54, 1.807) is 6.07 Å². The van der Waals surface area contributed by atoms with E-state index >= 15 is 0 Å². The number of para-hydroxylation sites is 1. The Morgan fingerprint density at radius 3 is 2.56 bits per heavy atom. The molecule has 5 nitrogen and oxygen atoms in total. The minimum atomic E-state index is -0.246. The van der Waals surface area contributed by atoms with Crippen LogP contribution in [0.5, 0.6) is 0 Å². The Hall–Kier alpha value is -3.21. The van der Waals surface area contributed by atoms with Gasteiger partial charge in [-0.25, -0.2) is 9.97 Å². The van der Waals surface area contributed by atoms with Crippen LogP contribution in [0.15, 0.2) is 60.9 Å². The molecule has 0 radical (unpaired) electrons. The molecule has 1 heterocycles. The molecule has 0 saturated heterocycles. The highest BCUT2D eigenvalue weighted by Gasteiger charge is 2.13. The van der Waals surface area contributed by atoms with Crippen LogP contribution in [0.1, 0.15) is 46.9 Å². The summed E-state index contributed by atoms with van der Waals surface area (Å²) in [6.07, 6.45) is 1.41. The van der Waals surface area contributed by atoms with Crippen LogP contribution >= 0.6 is 0 Å². The predicted octanol–water partition coefficient (Wildman–Crippen LogP) is 4.77. The second-order valence-corrected chi connectivity index (χ2v) is 6.76. The molecule has 0 bridgehead atoms. The number of benzene rings is 2. The lowest BCUT2D eigenvalue weighted by Crippen LogP contribution is -2.16. The van der Waals surface area contributed by atoms with Crippen molar-refractivity contribution in [1.82, 2.24) is 9.97 Å². The Morgan fingerprint density at radius 1 is 1.04 bits per heavy atom. The van der Waals surface area contributed by atoms with E-state index in [1.165, 1.54) is 17.5 Å². The molecule has 0 fully saturated rings. The van der Waals surface area contributed by atoms with Crippen molar-refractivity contribution < 1.29 is 4.79 Å². The van der Waals surface area contributed by atoms with E-state index in [2.05, 4.69) is 53.5 Å². The van der Waals surface area contributed by atoms with Gasteiger partial charge in [0, 0.05) is 18.3 Å². The fourth-order valence-corrected chi connectivity index (χ4v) is 2.87. The Morgan fingerprint density at radius 2 is 1.78 bits per heavy atom. The average Bonchev–Trinajstić information content (AvgIpc) is 2.68. The van der Waals surface area contributed by atoms with Gasteiger partial charge in [0.05, 0.1) is 0 Å². The van der Waals surface area contributed by atoms with Gasteiger partial charge < -0.3 is 10.6 Å². The van der Waals surface area contributed by atoms with E-state index < -0.39 is 0 Å². The van der Waals surface area contributed by atoms with Crippen LogP contribution in [0, 0.1) is 6.92 Å². The highest BCUT2D eigenvalue weighted by molar-refractivity contribution is 6.03. The number of nitrogens with one attached hydrogen (secondary N) is 2. The molecule has 5 heteroatoms. The van der Waals surface area contributed by atoms with Gasteiger partial charge in [0.25, 0.3) is 5.91 Å². The maximum atomic E-state index is 12.6. The zero-order valence-corrected chi connectivity index (χ0v) is 15.9. The first-order valence-electron chi connectivity index (χ1n) is 9.05. The molecule has 3 aromatic rings. The summed E-state index contributed by atoms with van der Waals surface area (Å²) >= 11 is 0. The van der Waals surface area contributed by atoms with Crippen LogP contribution in [-0.2, 0) is 6.54 Å². The van der Waals surface area contributed by atoms with E-state index in [-0.39, 0.29) is 5.91 Å². The van der Waals surface area contributed by atoms with Gasteiger partial charge in [-0.15, -0.1) is 0 Å². The van der Waals surface area contributed by atoms with E-state index in [1.807, 2.05) is 36.4 Å². The Kier molecular flexibility index (Phi) is 5.81. The summed E-state index contributed by atoms with van der Waals surface area (Å²) in [5.74, 6) is 0.693. The van der Waals surface area contributed by atoms with Gasteiger partial charge in [-0.2, -0.15) is 0 Å². The van der Waals surface area contributed by atoms with Gasteiger partial charge in [-0.3, -0.25) is 4.79 Å². The number of hydrogen-bond acceptors (Lipinski definition) is 4. The van der Waals surface area contributed by atoms with Crippen molar-refractivity contribution in [1.29, 1.82) is 0 Å². The van der Waals surface area contributed by atoms with Crippen molar-refractivity contribution in [3.05, 3.63) is 83.3 Å². The molecule has 27 heavy (non-hydrogen) atoms. The fraction of sp³-hybridized carbons (Fsp3) is 0.227. The van der Waals surface area contributed by atoms with Crippen molar-refractivity contribution in [3.8, 4) is 0 Å². The molecule has 0 aliphatic heterocycles. The summed E-state index contributed by atoms with van der Waals surface area (Å²) in [4.78, 5) is 21.0. The maximum absolute atomic E-state index is 12.6. The summed E-state index contributed by atoms with van der Waals surface area (Å²) in [7, 11) is 0. The second kappa shape index (κ2) is 8.45. The van der Waals surface area contributed by atoms with Crippen molar-refractivity contribution in [2.75, 3.05) is 10.6 Å². The van der Waals surface area contributed by atoms with Crippen LogP contribution in [0.2, 0.25) is 0 Å². The van der Waals surface area contributed by atoms with E-state index in [4.69, 9.17) is 0 Å². The van der Waals surface area contributed by atoms with Crippen LogP contribution in [0.25, 0.3) is 0 Å². The van der Waals surface area contributed by atoms with Crippen LogP contribution in [-0.4, -0.2) is 15.9 Å². The molecule has 3 rings (SSSR count). The molecule has 1 amide bonds. The van der Waals surface area contributed by atoms with Gasteiger partial charge in [0.15, 0.2) is 0 Å². The molecule has 0 atom stereocenters. The molecule has 0 aliphatic carbocycles. The minimum Gasteiger partial charge on any atom is -0.366 e. The number of carbonyl (C=O) groups excluding carboxylic acids is 1. The van der Waals surface area contributed by atoms with Gasteiger partial charge in [-0.1, -0.05) is 56.3 Å². The molecule has 2 N–H and O–H groups in total. The SMILES string of the molecule is Cc1ccccc1CNc1cc(C(=O)Nc2ccccc2C(C)C)ncn1. The molecule has 0 saturated carbocycles. The van der Waals surface area contributed by atoms with E-state index in [0.29, 0.717) is 24.0 Å². The minimum absolute atomic E-state index is 0.246. The number of nitrogens with zero attached hydrogens (tertiary/aromatic N) is 2. The van der Waals surface area contributed by atoms with Crippen LogP contribution in [0.4, 0.5) is 11.5 Å². The molecule has 1 aromatic heterocycles. The number of rotatable bonds is 6. The van der Waals surface area contributed by atoms with Crippen LogP contribution in [0.3, 0.4) is 0 Å². The standard InChI is InChI=1S/C22H24N4O/c1-15(2)18-10-6-7-11-19(18)26-22(27)20-12-21(25-14-24-20)23-13-17-9-5-4-8-16(17)3/h4-12,14-15H,13H2,1-3H3,(H,26,27)(H,23,24,25). The Balaban J connectivity index is 1.72. The third kappa shape index (κ3) is 4.70. The van der Waals surface area contributed by atoms with Crippen molar-refractivity contribution in [3.63, 3.8) is 0 Å². The lowest BCUT2D eigenvalue weighted by atomic mass is 10.0. The Labute approximate surface area is 159 Å². The monoisotopic (exact) mass is 360 g/mol. The van der Waals surface area contributed by atoms with E-state index in [0.717, 1.165) is 11.3 Å². The molecule has 0 unspecified atom stereocenters. The molecule has 138 valence electrons. The van der Waals surface area contributed by atoms with Gasteiger partial charge in [0.2, 0.25) is 0 Å². The number of aryl methyl sites for hydroxylation is 1. The van der Waals surface area contributed by atoms with E-state index in [9.17, 15) is 4.79 Å². The zero-order chi connectivity index (χ0) is 19.2. The molecular weight excluding hydrogens is 336 g/mol. The normalized spacial score (nSPS) is 10.7. The number of anilines is 2. The summed E-state index contributed by atoms with van der Waals surface area (Å²) in [6.45, 7) is 6.91. The molecule has 0 spiro atoms. The first-order valence-corrected chi connectivity index (χ1v) is 9.05. The topological polar surface area (TPSA) is 66.9 Å². The summed E-state index contributed by atoms with van der Waals surface area (Å²) in [5.41, 5.74) is 4.63. The average molecular weight is 360 g/mol. The summed E-state index contributed by atoms with van der Waals surface area (Å²) in [6, 6.07) is 17.7. The smallest absolute Gasteiger partial charge is 0.274 e. The third-order valence-corrected chi connectivity index (χ3v) is 4.45. The van der Waals surface area contributed by atoms with Crippen LogP contribution < -0.4 is 10.6 Å². The number of amides is 1. The maximum Gasteiger partial charge on any atom is 0.274 e. The van der Waals surface area contributed by atoms with Crippen molar-refractivity contribution in [2.24, 2.45) is 0 Å².